The lowest BCUT2D eigenvalue weighted by molar-refractivity contribution is 0.174. The van der Waals surface area contributed by atoms with Crippen LogP contribution < -0.4 is 34.3 Å². The third kappa shape index (κ3) is 4.50. The van der Waals surface area contributed by atoms with Crippen LogP contribution >= 0.6 is 0 Å². The summed E-state index contributed by atoms with van der Waals surface area (Å²) in [6.45, 7) is 2.71. The van der Waals surface area contributed by atoms with Gasteiger partial charge in [0.25, 0.3) is 0 Å². The van der Waals surface area contributed by atoms with Gasteiger partial charge < -0.3 is 34.3 Å². The molecule has 0 amide bonds. The lowest BCUT2D eigenvalue weighted by atomic mass is 10.2. The molecule has 0 aliphatic carbocycles. The molecule has 1 aromatic heterocycles. The highest BCUT2D eigenvalue weighted by Crippen LogP contribution is 2.40. The molecule has 2 heterocycles. The topological polar surface area (TPSA) is 96.0 Å². The van der Waals surface area contributed by atoms with Gasteiger partial charge in [-0.15, -0.1) is 0 Å². The summed E-state index contributed by atoms with van der Waals surface area (Å²) in [7, 11) is 4.72. The number of nitrogens with zero attached hydrogens (tertiary/aromatic N) is 2. The molecule has 0 bridgehead atoms. The molecular formula is C22H24N4O5. The molecule has 2 N–H and O–H groups in total. The number of rotatable bonds is 8. The minimum atomic E-state index is 0.253. The van der Waals surface area contributed by atoms with E-state index >= 15 is 0 Å². The van der Waals surface area contributed by atoms with E-state index in [2.05, 4.69) is 20.6 Å². The summed E-state index contributed by atoms with van der Waals surface area (Å²) in [5, 5.41) is 6.53. The molecule has 1 aliphatic rings. The van der Waals surface area contributed by atoms with E-state index in [1.165, 1.54) is 0 Å². The zero-order valence-electron chi connectivity index (χ0n) is 17.8. The van der Waals surface area contributed by atoms with Gasteiger partial charge in [0.1, 0.15) is 5.82 Å². The minimum Gasteiger partial charge on any atom is -0.493 e. The van der Waals surface area contributed by atoms with Gasteiger partial charge in [0.15, 0.2) is 23.0 Å². The number of aromatic nitrogens is 2. The molecule has 31 heavy (non-hydrogen) atoms. The number of hydrogen-bond acceptors (Lipinski definition) is 9. The van der Waals surface area contributed by atoms with Crippen molar-refractivity contribution in [2.24, 2.45) is 0 Å². The predicted molar refractivity (Wildman–Crippen MR) is 116 cm³/mol. The Kier molecular flexibility index (Phi) is 5.83. The lowest BCUT2D eigenvalue weighted by Crippen LogP contribution is -2.06. The molecule has 3 aromatic rings. The Hall–Kier alpha value is -3.88. The van der Waals surface area contributed by atoms with Gasteiger partial charge in [-0.25, -0.2) is 4.98 Å². The van der Waals surface area contributed by atoms with E-state index in [0.29, 0.717) is 35.6 Å². The summed E-state index contributed by atoms with van der Waals surface area (Å²) in [6, 6.07) is 11.3. The van der Waals surface area contributed by atoms with Crippen LogP contribution in [0.5, 0.6) is 28.7 Å². The minimum absolute atomic E-state index is 0.253. The zero-order chi connectivity index (χ0) is 21.8. The molecule has 0 fully saturated rings. The number of nitrogens with one attached hydrogen (secondary N) is 2. The molecule has 0 atom stereocenters. The molecule has 9 heteroatoms. The van der Waals surface area contributed by atoms with Crippen molar-refractivity contribution in [2.45, 2.75) is 13.5 Å². The van der Waals surface area contributed by atoms with E-state index in [0.717, 1.165) is 28.4 Å². The van der Waals surface area contributed by atoms with Crippen molar-refractivity contribution in [2.75, 3.05) is 38.8 Å². The van der Waals surface area contributed by atoms with Crippen LogP contribution in [-0.2, 0) is 6.54 Å². The third-order valence-corrected chi connectivity index (χ3v) is 4.68. The van der Waals surface area contributed by atoms with Gasteiger partial charge in [-0.05, 0) is 24.6 Å². The van der Waals surface area contributed by atoms with Crippen LogP contribution in [0.3, 0.4) is 0 Å². The van der Waals surface area contributed by atoms with E-state index in [1.54, 1.807) is 21.3 Å². The number of aryl methyl sites for hydroxylation is 1. The Balaban J connectivity index is 1.51. The van der Waals surface area contributed by atoms with Crippen molar-refractivity contribution in [1.82, 2.24) is 9.97 Å². The SMILES string of the molecule is COc1cc(Nc2cc(C)nc(NCc3ccc4c(c3)OCO4)n2)cc(OC)c1OC. The Morgan fingerprint density at radius 1 is 0.903 bits per heavy atom. The lowest BCUT2D eigenvalue weighted by Gasteiger charge is -2.15. The van der Waals surface area contributed by atoms with Gasteiger partial charge in [-0.2, -0.15) is 4.98 Å². The summed E-state index contributed by atoms with van der Waals surface area (Å²) >= 11 is 0. The number of methoxy groups -OCH3 is 3. The molecule has 4 rings (SSSR count). The normalized spacial score (nSPS) is 11.7. The van der Waals surface area contributed by atoms with Gasteiger partial charge in [0.05, 0.1) is 21.3 Å². The van der Waals surface area contributed by atoms with Crippen molar-refractivity contribution < 1.29 is 23.7 Å². The van der Waals surface area contributed by atoms with E-state index < -0.39 is 0 Å². The average molecular weight is 424 g/mol. The molecule has 9 nitrogen and oxygen atoms in total. The fourth-order valence-electron chi connectivity index (χ4n) is 3.24. The van der Waals surface area contributed by atoms with Crippen molar-refractivity contribution in [3.05, 3.63) is 47.7 Å². The van der Waals surface area contributed by atoms with Gasteiger partial charge in [-0.3, -0.25) is 0 Å². The molecule has 1 aliphatic heterocycles. The first-order valence-corrected chi connectivity index (χ1v) is 9.64. The molecular weight excluding hydrogens is 400 g/mol. The summed E-state index contributed by atoms with van der Waals surface area (Å²) in [5.74, 6) is 4.28. The maximum atomic E-state index is 5.43. The fourth-order valence-corrected chi connectivity index (χ4v) is 3.24. The Morgan fingerprint density at radius 3 is 2.35 bits per heavy atom. The highest BCUT2D eigenvalue weighted by Gasteiger charge is 2.15. The number of ether oxygens (including phenoxy) is 5. The molecule has 0 unspecified atom stereocenters. The van der Waals surface area contributed by atoms with Crippen LogP contribution in [0.2, 0.25) is 0 Å². The molecule has 0 saturated carbocycles. The van der Waals surface area contributed by atoms with Crippen molar-refractivity contribution in [3.8, 4) is 28.7 Å². The van der Waals surface area contributed by atoms with Crippen LogP contribution in [-0.4, -0.2) is 38.1 Å². The first-order chi connectivity index (χ1) is 15.1. The smallest absolute Gasteiger partial charge is 0.231 e. The number of benzene rings is 2. The summed E-state index contributed by atoms with van der Waals surface area (Å²) in [6.07, 6.45) is 0. The zero-order valence-corrected chi connectivity index (χ0v) is 17.8. The maximum Gasteiger partial charge on any atom is 0.231 e. The predicted octanol–water partition coefficient (Wildman–Crippen LogP) is 3.90. The summed E-state index contributed by atoms with van der Waals surface area (Å²) < 4.78 is 27.0. The molecule has 162 valence electrons. The highest BCUT2D eigenvalue weighted by atomic mass is 16.7. The Morgan fingerprint density at radius 2 is 1.65 bits per heavy atom. The van der Waals surface area contributed by atoms with Gasteiger partial charge in [0.2, 0.25) is 18.5 Å². The summed E-state index contributed by atoms with van der Waals surface area (Å²) in [4.78, 5) is 9.04. The largest absolute Gasteiger partial charge is 0.493 e. The average Bonchev–Trinajstić information content (AvgIpc) is 3.24. The monoisotopic (exact) mass is 424 g/mol. The third-order valence-electron chi connectivity index (χ3n) is 4.68. The van der Waals surface area contributed by atoms with Crippen molar-refractivity contribution in [1.29, 1.82) is 0 Å². The van der Waals surface area contributed by atoms with Crippen LogP contribution in [0.15, 0.2) is 36.4 Å². The fraction of sp³-hybridized carbons (Fsp3) is 0.273. The van der Waals surface area contributed by atoms with E-state index in [9.17, 15) is 0 Å². The van der Waals surface area contributed by atoms with Crippen LogP contribution in [0.1, 0.15) is 11.3 Å². The van der Waals surface area contributed by atoms with E-state index in [4.69, 9.17) is 23.7 Å². The molecule has 0 saturated heterocycles. The first kappa shape index (κ1) is 20.4. The second-order valence-corrected chi connectivity index (χ2v) is 6.80. The van der Waals surface area contributed by atoms with Gasteiger partial charge in [0, 0.05) is 36.1 Å². The highest BCUT2D eigenvalue weighted by molar-refractivity contribution is 5.67. The second-order valence-electron chi connectivity index (χ2n) is 6.80. The van der Waals surface area contributed by atoms with Crippen LogP contribution in [0.25, 0.3) is 0 Å². The van der Waals surface area contributed by atoms with Crippen LogP contribution in [0.4, 0.5) is 17.5 Å². The standard InChI is InChI=1S/C22H24N4O5/c1-13-7-20(25-15-9-18(27-2)21(29-4)19(10-15)28-3)26-22(24-13)23-11-14-5-6-16-17(8-14)31-12-30-16/h5-10H,11-12H2,1-4H3,(H2,23,24,25,26). The van der Waals surface area contributed by atoms with Crippen molar-refractivity contribution >= 4 is 17.5 Å². The number of hydrogen-bond donors (Lipinski definition) is 2. The van der Waals surface area contributed by atoms with E-state index in [-0.39, 0.29) is 6.79 Å². The number of fused-ring (bicyclic) bond motifs is 1. The number of anilines is 3. The molecule has 2 aromatic carbocycles. The van der Waals surface area contributed by atoms with Crippen molar-refractivity contribution in [3.63, 3.8) is 0 Å². The van der Waals surface area contributed by atoms with Crippen LogP contribution in [0, 0.1) is 6.92 Å². The van der Waals surface area contributed by atoms with Gasteiger partial charge in [-0.1, -0.05) is 6.07 Å². The molecule has 0 radical (unpaired) electrons. The Bertz CT molecular complexity index is 1060. The summed E-state index contributed by atoms with van der Waals surface area (Å²) in [5.41, 5.74) is 2.60. The van der Waals surface area contributed by atoms with E-state index in [1.807, 2.05) is 43.3 Å². The second kappa shape index (κ2) is 8.86. The molecule has 0 spiro atoms. The quantitative estimate of drug-likeness (QED) is 0.558. The first-order valence-electron chi connectivity index (χ1n) is 9.64. The van der Waals surface area contributed by atoms with Gasteiger partial charge >= 0.3 is 0 Å². The Labute approximate surface area is 180 Å². The maximum absolute atomic E-state index is 5.43.